The Balaban J connectivity index is 2.34. The summed E-state index contributed by atoms with van der Waals surface area (Å²) in [6, 6.07) is 2.02. The molecule has 0 aliphatic carbocycles. The number of aromatic carboxylic acids is 1. The molecule has 1 aromatic carbocycles. The Kier molecular flexibility index (Phi) is 4.13. The average Bonchev–Trinajstić information content (AvgIpc) is 2.37. The molecule has 0 radical (unpaired) electrons. The number of hydrogen-bond donors (Lipinski definition) is 1. The number of carbonyl (C=O) groups excluding carboxylic acids is 1. The van der Waals surface area contributed by atoms with E-state index in [-0.39, 0.29) is 5.56 Å². The van der Waals surface area contributed by atoms with Gasteiger partial charge in [0.15, 0.2) is 0 Å². The third-order valence-corrected chi connectivity index (χ3v) is 3.63. The molecule has 1 aliphatic rings. The van der Waals surface area contributed by atoms with E-state index in [0.717, 1.165) is 6.07 Å². The highest BCUT2D eigenvalue weighted by molar-refractivity contribution is 5.88. The van der Waals surface area contributed by atoms with Gasteiger partial charge in [0.1, 0.15) is 11.4 Å². The maximum absolute atomic E-state index is 14.1. The lowest BCUT2D eigenvalue weighted by Crippen LogP contribution is -2.42. The van der Waals surface area contributed by atoms with E-state index in [4.69, 9.17) is 9.84 Å². The number of rotatable bonds is 1. The number of hydrogen-bond acceptors (Lipinski definition) is 3. The van der Waals surface area contributed by atoms with Crippen LogP contribution in [-0.2, 0) is 11.2 Å². The fourth-order valence-electron chi connectivity index (χ4n) is 2.58. The Morgan fingerprint density at radius 1 is 1.36 bits per heavy atom. The molecule has 1 aromatic rings. The highest BCUT2D eigenvalue weighted by Crippen LogP contribution is 2.33. The smallest absolute Gasteiger partial charge is 0.410 e. The van der Waals surface area contributed by atoms with Crippen LogP contribution in [0.3, 0.4) is 0 Å². The van der Waals surface area contributed by atoms with E-state index in [9.17, 15) is 14.0 Å². The number of ether oxygens (including phenoxy) is 1. The van der Waals surface area contributed by atoms with E-state index in [0.29, 0.717) is 24.1 Å². The first-order valence-electron chi connectivity index (χ1n) is 7.15. The van der Waals surface area contributed by atoms with Gasteiger partial charge in [0.05, 0.1) is 11.6 Å². The zero-order valence-electron chi connectivity index (χ0n) is 13.1. The molecule has 22 heavy (non-hydrogen) atoms. The lowest BCUT2D eigenvalue weighted by atomic mass is 9.91. The molecule has 0 fully saturated rings. The molecule has 1 N–H and O–H groups in total. The molecule has 1 aliphatic heterocycles. The maximum atomic E-state index is 14.1. The summed E-state index contributed by atoms with van der Waals surface area (Å²) in [4.78, 5) is 24.8. The first-order valence-corrected chi connectivity index (χ1v) is 7.15. The lowest BCUT2D eigenvalue weighted by Gasteiger charge is -2.36. The molecule has 0 bridgehead atoms. The van der Waals surface area contributed by atoms with E-state index in [1.807, 2.05) is 0 Å². The SMILES string of the molecule is CC1c2cc(C(=O)O)cc(F)c2CCN1C(=O)OC(C)(C)C. The number of carboxylic acid groups (broad SMARTS) is 1. The second-order valence-corrected chi connectivity index (χ2v) is 6.43. The van der Waals surface area contributed by atoms with E-state index in [2.05, 4.69) is 0 Å². The van der Waals surface area contributed by atoms with Crippen LogP contribution in [0.25, 0.3) is 0 Å². The van der Waals surface area contributed by atoms with Crippen LogP contribution in [0.4, 0.5) is 9.18 Å². The van der Waals surface area contributed by atoms with Crippen molar-refractivity contribution in [3.05, 3.63) is 34.6 Å². The molecule has 120 valence electrons. The average molecular weight is 309 g/mol. The van der Waals surface area contributed by atoms with Gasteiger partial charge in [-0.1, -0.05) is 0 Å². The third kappa shape index (κ3) is 3.21. The predicted molar refractivity (Wildman–Crippen MR) is 78.4 cm³/mol. The monoisotopic (exact) mass is 309 g/mol. The van der Waals surface area contributed by atoms with Gasteiger partial charge in [-0.3, -0.25) is 0 Å². The summed E-state index contributed by atoms with van der Waals surface area (Å²) in [5.74, 6) is -1.73. The van der Waals surface area contributed by atoms with Gasteiger partial charge < -0.3 is 14.7 Å². The van der Waals surface area contributed by atoms with Crippen LogP contribution in [0, 0.1) is 5.82 Å². The molecule has 1 heterocycles. The molecular weight excluding hydrogens is 289 g/mol. The van der Waals surface area contributed by atoms with Crippen molar-refractivity contribution in [2.75, 3.05) is 6.54 Å². The minimum Gasteiger partial charge on any atom is -0.478 e. The minimum absolute atomic E-state index is 0.117. The van der Waals surface area contributed by atoms with Crippen LogP contribution in [0.5, 0.6) is 0 Å². The largest absolute Gasteiger partial charge is 0.478 e. The normalized spacial score (nSPS) is 17.9. The van der Waals surface area contributed by atoms with Crippen molar-refractivity contribution in [1.82, 2.24) is 4.90 Å². The van der Waals surface area contributed by atoms with E-state index in [1.54, 1.807) is 27.7 Å². The van der Waals surface area contributed by atoms with Crippen molar-refractivity contribution in [3.63, 3.8) is 0 Å². The highest BCUT2D eigenvalue weighted by Gasteiger charge is 2.32. The number of carboxylic acids is 1. The molecule has 1 atom stereocenters. The number of carbonyl (C=O) groups is 2. The summed E-state index contributed by atoms with van der Waals surface area (Å²) < 4.78 is 19.4. The van der Waals surface area contributed by atoms with Gasteiger partial charge in [-0.2, -0.15) is 0 Å². The van der Waals surface area contributed by atoms with Crippen LogP contribution < -0.4 is 0 Å². The van der Waals surface area contributed by atoms with Crippen molar-refractivity contribution in [2.24, 2.45) is 0 Å². The molecule has 0 saturated heterocycles. The molecule has 0 saturated carbocycles. The summed E-state index contributed by atoms with van der Waals surface area (Å²) in [6.45, 7) is 7.40. The maximum Gasteiger partial charge on any atom is 0.410 e. The van der Waals surface area contributed by atoms with Gasteiger partial charge in [0.2, 0.25) is 0 Å². The Morgan fingerprint density at radius 3 is 2.55 bits per heavy atom. The van der Waals surface area contributed by atoms with Crippen LogP contribution in [0.15, 0.2) is 12.1 Å². The second-order valence-electron chi connectivity index (χ2n) is 6.43. The lowest BCUT2D eigenvalue weighted by molar-refractivity contribution is 0.0158. The van der Waals surface area contributed by atoms with Crippen LogP contribution in [0.1, 0.15) is 55.2 Å². The summed E-state index contributed by atoms with van der Waals surface area (Å²) >= 11 is 0. The molecule has 6 heteroatoms. The number of fused-ring (bicyclic) bond motifs is 1. The summed E-state index contributed by atoms with van der Waals surface area (Å²) in [6.07, 6.45) is -0.142. The molecule has 1 unspecified atom stereocenters. The summed E-state index contributed by atoms with van der Waals surface area (Å²) in [7, 11) is 0. The van der Waals surface area contributed by atoms with Crippen LogP contribution in [-0.4, -0.2) is 34.2 Å². The molecule has 2 rings (SSSR count). The zero-order chi connectivity index (χ0) is 16.7. The zero-order valence-corrected chi connectivity index (χ0v) is 13.1. The van der Waals surface area contributed by atoms with Gasteiger partial charge in [-0.25, -0.2) is 14.0 Å². The summed E-state index contributed by atoms with van der Waals surface area (Å²) in [5, 5.41) is 9.05. The van der Waals surface area contributed by atoms with Gasteiger partial charge in [0, 0.05) is 6.54 Å². The van der Waals surface area contributed by atoms with Crippen molar-refractivity contribution in [2.45, 2.75) is 45.8 Å². The van der Waals surface area contributed by atoms with Crippen LogP contribution in [0.2, 0.25) is 0 Å². The Hall–Kier alpha value is -2.11. The van der Waals surface area contributed by atoms with Crippen LogP contribution >= 0.6 is 0 Å². The summed E-state index contributed by atoms with van der Waals surface area (Å²) in [5.41, 5.74) is 0.256. The van der Waals surface area contributed by atoms with E-state index >= 15 is 0 Å². The molecular formula is C16H20FNO4. The topological polar surface area (TPSA) is 66.8 Å². The van der Waals surface area contributed by atoms with E-state index in [1.165, 1.54) is 11.0 Å². The number of amides is 1. The standard InChI is InChI=1S/C16H20FNO4/c1-9-12-7-10(14(19)20)8-13(17)11(12)5-6-18(9)15(21)22-16(2,3)4/h7-9H,5-6H2,1-4H3,(H,19,20). The Morgan fingerprint density at radius 2 is 2.00 bits per heavy atom. The van der Waals surface area contributed by atoms with Crippen molar-refractivity contribution in [1.29, 1.82) is 0 Å². The Labute approximate surface area is 128 Å². The van der Waals surface area contributed by atoms with Crippen molar-refractivity contribution in [3.8, 4) is 0 Å². The molecule has 5 nitrogen and oxygen atoms in total. The number of halogens is 1. The highest BCUT2D eigenvalue weighted by atomic mass is 19.1. The Bertz CT molecular complexity index is 621. The predicted octanol–water partition coefficient (Wildman–Crippen LogP) is 3.38. The van der Waals surface area contributed by atoms with Crippen molar-refractivity contribution < 1.29 is 23.8 Å². The van der Waals surface area contributed by atoms with E-state index < -0.39 is 29.5 Å². The van der Waals surface area contributed by atoms with Crippen molar-refractivity contribution >= 4 is 12.1 Å². The first-order chi connectivity index (χ1) is 10.1. The second kappa shape index (κ2) is 5.59. The van der Waals surface area contributed by atoms with Gasteiger partial charge in [0.25, 0.3) is 0 Å². The quantitative estimate of drug-likeness (QED) is 0.863. The first kappa shape index (κ1) is 16.3. The molecule has 0 aromatic heterocycles. The van der Waals surface area contributed by atoms with Gasteiger partial charge in [-0.05, 0) is 57.4 Å². The van der Waals surface area contributed by atoms with Gasteiger partial charge in [-0.15, -0.1) is 0 Å². The van der Waals surface area contributed by atoms with Gasteiger partial charge >= 0.3 is 12.1 Å². The number of benzene rings is 1. The molecule has 0 spiro atoms. The minimum atomic E-state index is -1.19. The molecule has 1 amide bonds. The third-order valence-electron chi connectivity index (χ3n) is 3.63. The fraction of sp³-hybridized carbons (Fsp3) is 0.500. The number of nitrogens with zero attached hydrogens (tertiary/aromatic N) is 1. The fourth-order valence-corrected chi connectivity index (χ4v) is 2.58.